The number of phosphoric acid groups is 2. The Morgan fingerprint density at radius 1 is 0.265 bits per heavy atom. The molecule has 0 aromatic carbocycles. The zero-order chi connectivity index (χ0) is 74.8. The number of unbranched alkanes of at least 4 members (excludes halogenated alkanes) is 55. The van der Waals surface area contributed by atoms with E-state index in [9.17, 15) is 43.2 Å². The van der Waals surface area contributed by atoms with E-state index in [1.807, 2.05) is 0 Å². The zero-order valence-electron chi connectivity index (χ0n) is 66.8. The van der Waals surface area contributed by atoms with Crippen molar-refractivity contribution < 1.29 is 80.2 Å². The lowest BCUT2D eigenvalue weighted by atomic mass is 10.0. The van der Waals surface area contributed by atoms with Crippen molar-refractivity contribution >= 4 is 39.5 Å². The molecule has 0 amide bonds. The Bertz CT molecular complexity index is 1940. The van der Waals surface area contributed by atoms with Gasteiger partial charge in [-0.1, -0.05) is 394 Å². The van der Waals surface area contributed by atoms with Crippen LogP contribution in [0.3, 0.4) is 0 Å². The van der Waals surface area contributed by atoms with Gasteiger partial charge in [-0.2, -0.15) is 0 Å². The minimum absolute atomic E-state index is 0.108. The molecule has 0 bridgehead atoms. The summed E-state index contributed by atoms with van der Waals surface area (Å²) in [6.07, 6.45) is 68.0. The topological polar surface area (TPSA) is 237 Å². The lowest BCUT2D eigenvalue weighted by Crippen LogP contribution is -2.30. The standard InChI is InChI=1S/C83H162O17P2/c1-6-9-12-15-18-21-24-26-27-28-29-30-31-32-33-34-38-44-49-54-59-64-69-83(88)100-79(73-94-81(86)67-62-57-52-47-42-39-35-37-41-45-50-55-60-65-76(4)5)75-98-102(91,92)96-71-77(84)70-95-101(89,90)97-74-78(72-93-80(85)66-61-56-51-46-40-23-20-17-14-11-8-3)99-82(87)68-63-58-53-48-43-36-25-22-19-16-13-10-7-2/h76-79,84H,6-75H2,1-5H3,(H,89,90)(H,91,92)/t77-,78+,79+/m0/s1. The Morgan fingerprint density at radius 3 is 0.667 bits per heavy atom. The fourth-order valence-electron chi connectivity index (χ4n) is 12.9. The van der Waals surface area contributed by atoms with Crippen molar-refractivity contribution in [3.63, 3.8) is 0 Å². The molecular weight excluding hydrogens is 1330 g/mol. The van der Waals surface area contributed by atoms with Crippen LogP contribution in [0.1, 0.15) is 446 Å². The largest absolute Gasteiger partial charge is 0.472 e. The number of ether oxygens (including phenoxy) is 4. The maximum Gasteiger partial charge on any atom is 0.472 e. The summed E-state index contributed by atoms with van der Waals surface area (Å²) in [4.78, 5) is 73.1. The molecule has 5 atom stereocenters. The molecule has 0 aromatic heterocycles. The van der Waals surface area contributed by atoms with Crippen molar-refractivity contribution in [2.75, 3.05) is 39.6 Å². The lowest BCUT2D eigenvalue weighted by Gasteiger charge is -2.21. The van der Waals surface area contributed by atoms with Gasteiger partial charge in [-0.05, 0) is 31.6 Å². The molecule has 0 spiro atoms. The Morgan fingerprint density at radius 2 is 0.451 bits per heavy atom. The summed E-state index contributed by atoms with van der Waals surface area (Å²) >= 11 is 0. The summed E-state index contributed by atoms with van der Waals surface area (Å²) in [5.74, 6) is -1.31. The summed E-state index contributed by atoms with van der Waals surface area (Å²) in [5, 5.41) is 10.7. The van der Waals surface area contributed by atoms with Crippen LogP contribution in [0.5, 0.6) is 0 Å². The molecule has 0 heterocycles. The molecule has 0 fully saturated rings. The second kappa shape index (κ2) is 75.9. The second-order valence-electron chi connectivity index (χ2n) is 30.3. The maximum atomic E-state index is 13.1. The highest BCUT2D eigenvalue weighted by atomic mass is 31.2. The first-order valence-electron chi connectivity index (χ1n) is 43.1. The van der Waals surface area contributed by atoms with Gasteiger partial charge in [-0.25, -0.2) is 9.13 Å². The number of carbonyl (C=O) groups is 4. The molecule has 0 rings (SSSR count). The minimum atomic E-state index is -4.96. The highest BCUT2D eigenvalue weighted by molar-refractivity contribution is 7.47. The van der Waals surface area contributed by atoms with E-state index in [0.717, 1.165) is 95.8 Å². The van der Waals surface area contributed by atoms with E-state index in [1.165, 1.54) is 270 Å². The van der Waals surface area contributed by atoms with E-state index in [1.54, 1.807) is 0 Å². The summed E-state index contributed by atoms with van der Waals surface area (Å²) in [6.45, 7) is 7.36. The second-order valence-corrected chi connectivity index (χ2v) is 33.3. The van der Waals surface area contributed by atoms with Crippen LogP contribution in [0.15, 0.2) is 0 Å². The van der Waals surface area contributed by atoms with Gasteiger partial charge in [0.2, 0.25) is 0 Å². The molecule has 606 valence electrons. The highest BCUT2D eigenvalue weighted by Gasteiger charge is 2.30. The molecule has 102 heavy (non-hydrogen) atoms. The Hall–Kier alpha value is -1.94. The molecule has 3 N–H and O–H groups in total. The number of hydrogen-bond acceptors (Lipinski definition) is 15. The van der Waals surface area contributed by atoms with Crippen LogP contribution >= 0.6 is 15.6 Å². The summed E-state index contributed by atoms with van der Waals surface area (Å²) in [5.41, 5.74) is 0. The molecule has 19 heteroatoms. The number of aliphatic hydroxyl groups is 1. The van der Waals surface area contributed by atoms with Crippen molar-refractivity contribution in [3.8, 4) is 0 Å². The van der Waals surface area contributed by atoms with Gasteiger partial charge in [0.25, 0.3) is 0 Å². The quantitative estimate of drug-likeness (QED) is 0.0222. The molecule has 0 saturated carbocycles. The van der Waals surface area contributed by atoms with E-state index in [4.69, 9.17) is 37.0 Å². The molecule has 17 nitrogen and oxygen atoms in total. The monoisotopic (exact) mass is 1490 g/mol. The minimum Gasteiger partial charge on any atom is -0.462 e. The fourth-order valence-corrected chi connectivity index (χ4v) is 14.5. The van der Waals surface area contributed by atoms with Gasteiger partial charge in [-0.15, -0.1) is 0 Å². The molecule has 0 aliphatic carbocycles. The lowest BCUT2D eigenvalue weighted by molar-refractivity contribution is -0.161. The molecule has 2 unspecified atom stereocenters. The van der Waals surface area contributed by atoms with Gasteiger partial charge >= 0.3 is 39.5 Å². The van der Waals surface area contributed by atoms with Crippen molar-refractivity contribution in [1.29, 1.82) is 0 Å². The van der Waals surface area contributed by atoms with Gasteiger partial charge in [0.05, 0.1) is 26.4 Å². The third-order valence-electron chi connectivity index (χ3n) is 19.5. The molecule has 0 aliphatic rings. The van der Waals surface area contributed by atoms with Gasteiger partial charge < -0.3 is 33.8 Å². The number of esters is 4. The van der Waals surface area contributed by atoms with Crippen LogP contribution < -0.4 is 0 Å². The summed E-state index contributed by atoms with van der Waals surface area (Å²) < 4.78 is 68.8. The van der Waals surface area contributed by atoms with Crippen LogP contribution in [0.2, 0.25) is 0 Å². The summed E-state index contributed by atoms with van der Waals surface area (Å²) in [6, 6.07) is 0. The van der Waals surface area contributed by atoms with Crippen molar-refractivity contribution in [2.24, 2.45) is 5.92 Å². The van der Waals surface area contributed by atoms with Crippen LogP contribution in [0, 0.1) is 5.92 Å². The van der Waals surface area contributed by atoms with Gasteiger partial charge in [0.1, 0.15) is 19.3 Å². The first-order chi connectivity index (χ1) is 49.5. The Kier molecular flexibility index (Phi) is 74.4. The third-order valence-corrected chi connectivity index (χ3v) is 21.4. The van der Waals surface area contributed by atoms with Crippen molar-refractivity contribution in [3.05, 3.63) is 0 Å². The molecule has 0 aromatic rings. The van der Waals surface area contributed by atoms with E-state index in [2.05, 4.69) is 34.6 Å². The number of carbonyl (C=O) groups excluding carboxylic acids is 4. The van der Waals surface area contributed by atoms with Gasteiger partial charge in [0, 0.05) is 25.7 Å². The van der Waals surface area contributed by atoms with E-state index < -0.39 is 97.5 Å². The van der Waals surface area contributed by atoms with E-state index >= 15 is 0 Å². The van der Waals surface area contributed by atoms with Gasteiger partial charge in [0.15, 0.2) is 12.2 Å². The van der Waals surface area contributed by atoms with Crippen LogP contribution in [0.4, 0.5) is 0 Å². The highest BCUT2D eigenvalue weighted by Crippen LogP contribution is 2.45. The average molecular weight is 1490 g/mol. The van der Waals surface area contributed by atoms with E-state index in [-0.39, 0.29) is 25.7 Å². The Balaban J connectivity index is 5.21. The zero-order valence-corrected chi connectivity index (χ0v) is 68.5. The molecule has 0 aliphatic heterocycles. The van der Waals surface area contributed by atoms with Crippen LogP contribution in [-0.4, -0.2) is 96.7 Å². The Labute approximate surface area is 626 Å². The van der Waals surface area contributed by atoms with Crippen molar-refractivity contribution in [2.45, 2.75) is 464 Å². The van der Waals surface area contributed by atoms with Crippen LogP contribution in [0.25, 0.3) is 0 Å². The number of rotatable bonds is 83. The first-order valence-corrected chi connectivity index (χ1v) is 46.1. The van der Waals surface area contributed by atoms with Crippen molar-refractivity contribution in [1.82, 2.24) is 0 Å². The SMILES string of the molecule is CCCCCCCCCCCCCCCCCCCCCCCCC(=O)O[C@H](COC(=O)CCCCCCCCCCCCCCCC(C)C)COP(=O)(O)OC[C@@H](O)COP(=O)(O)OC[C@@H](COC(=O)CCCCCCCCCCCCC)OC(=O)CCCCCCCCCCCCCCC. The predicted molar refractivity (Wildman–Crippen MR) is 418 cm³/mol. The number of hydrogen-bond donors (Lipinski definition) is 3. The fraction of sp³-hybridized carbons (Fsp3) is 0.952. The van der Waals surface area contributed by atoms with Gasteiger partial charge in [-0.3, -0.25) is 37.3 Å². The molecule has 0 saturated heterocycles. The summed E-state index contributed by atoms with van der Waals surface area (Å²) in [7, 11) is -9.92. The molecular formula is C83H162O17P2. The number of aliphatic hydroxyl groups excluding tert-OH is 1. The predicted octanol–water partition coefficient (Wildman–Crippen LogP) is 25.2. The average Bonchev–Trinajstić information content (AvgIpc) is 0.935. The first kappa shape index (κ1) is 100. The number of phosphoric ester groups is 2. The van der Waals surface area contributed by atoms with E-state index in [0.29, 0.717) is 25.7 Å². The normalized spacial score (nSPS) is 13.8. The van der Waals surface area contributed by atoms with Crippen LogP contribution in [-0.2, 0) is 65.4 Å². The maximum absolute atomic E-state index is 13.1. The third kappa shape index (κ3) is 76.3. The molecule has 0 radical (unpaired) electrons. The smallest absolute Gasteiger partial charge is 0.462 e.